The molecule has 0 aliphatic heterocycles. The van der Waals surface area contributed by atoms with Crippen molar-refractivity contribution in [2.75, 3.05) is 6.54 Å². The first-order valence-electron chi connectivity index (χ1n) is 4.24. The van der Waals surface area contributed by atoms with Gasteiger partial charge in [-0.1, -0.05) is 34.1 Å². The number of carbonyl (C=O) groups is 1. The molecule has 0 spiro atoms. The van der Waals surface area contributed by atoms with Crippen LogP contribution in [0.25, 0.3) is 0 Å². The van der Waals surface area contributed by atoms with E-state index in [4.69, 9.17) is 0 Å². The highest BCUT2D eigenvalue weighted by Crippen LogP contribution is 2.15. The lowest BCUT2D eigenvalue weighted by Crippen LogP contribution is -2.24. The number of carbonyl (C=O) groups excluding carboxylic acids is 1. The van der Waals surface area contributed by atoms with Crippen molar-refractivity contribution in [2.24, 2.45) is 0 Å². The topological polar surface area (TPSA) is 29.1 Å². The fourth-order valence-electron chi connectivity index (χ4n) is 1.07. The summed E-state index contributed by atoms with van der Waals surface area (Å²) in [6, 6.07) is 7.75. The Hall–Kier alpha value is -0.830. The molecule has 1 aromatic rings. The van der Waals surface area contributed by atoms with Gasteiger partial charge in [-0.15, -0.1) is 0 Å². The van der Waals surface area contributed by atoms with E-state index in [0.29, 0.717) is 13.0 Å². The zero-order valence-electron chi connectivity index (χ0n) is 7.51. The molecule has 0 aromatic heterocycles. The van der Waals surface area contributed by atoms with Crippen molar-refractivity contribution >= 4 is 21.8 Å². The molecule has 13 heavy (non-hydrogen) atoms. The van der Waals surface area contributed by atoms with Gasteiger partial charge in [-0.2, -0.15) is 0 Å². The molecular weight excluding hydrogens is 230 g/mol. The quantitative estimate of drug-likeness (QED) is 0.864. The monoisotopic (exact) mass is 241 g/mol. The minimum Gasteiger partial charge on any atom is -0.356 e. The Bertz CT molecular complexity index is 299. The second-order valence-corrected chi connectivity index (χ2v) is 3.58. The molecule has 1 amide bonds. The van der Waals surface area contributed by atoms with Crippen LogP contribution in [0.3, 0.4) is 0 Å². The van der Waals surface area contributed by atoms with Crippen molar-refractivity contribution in [2.45, 2.75) is 13.3 Å². The second-order valence-electron chi connectivity index (χ2n) is 2.72. The van der Waals surface area contributed by atoms with Crippen molar-refractivity contribution in [1.82, 2.24) is 5.32 Å². The van der Waals surface area contributed by atoms with Crippen molar-refractivity contribution in [3.05, 3.63) is 34.3 Å². The number of hydrogen-bond donors (Lipinski definition) is 1. The Morgan fingerprint density at radius 1 is 1.46 bits per heavy atom. The zero-order chi connectivity index (χ0) is 9.68. The van der Waals surface area contributed by atoms with Crippen LogP contribution < -0.4 is 5.32 Å². The van der Waals surface area contributed by atoms with Gasteiger partial charge in [-0.3, -0.25) is 4.79 Å². The smallest absolute Gasteiger partial charge is 0.224 e. The Balaban J connectivity index is 2.63. The normalized spacial score (nSPS) is 9.69. The number of amides is 1. The predicted octanol–water partition coefficient (Wildman–Crippen LogP) is 2.13. The van der Waals surface area contributed by atoms with Gasteiger partial charge < -0.3 is 5.32 Å². The van der Waals surface area contributed by atoms with E-state index in [2.05, 4.69) is 21.2 Å². The highest BCUT2D eigenvalue weighted by atomic mass is 79.9. The van der Waals surface area contributed by atoms with Crippen molar-refractivity contribution in [3.63, 3.8) is 0 Å². The van der Waals surface area contributed by atoms with Crippen molar-refractivity contribution < 1.29 is 4.79 Å². The minimum atomic E-state index is 0.0643. The molecule has 70 valence electrons. The van der Waals surface area contributed by atoms with Crippen LogP contribution >= 0.6 is 15.9 Å². The van der Waals surface area contributed by atoms with Gasteiger partial charge >= 0.3 is 0 Å². The van der Waals surface area contributed by atoms with E-state index in [1.807, 2.05) is 31.2 Å². The minimum absolute atomic E-state index is 0.0643. The van der Waals surface area contributed by atoms with Gasteiger partial charge in [-0.05, 0) is 18.6 Å². The molecule has 0 aliphatic rings. The van der Waals surface area contributed by atoms with Crippen LogP contribution in [0.1, 0.15) is 12.5 Å². The molecule has 0 heterocycles. The number of hydrogen-bond acceptors (Lipinski definition) is 1. The Labute approximate surface area is 86.5 Å². The Kier molecular flexibility index (Phi) is 3.96. The molecule has 0 atom stereocenters. The first-order valence-corrected chi connectivity index (χ1v) is 5.03. The van der Waals surface area contributed by atoms with Gasteiger partial charge in [0.2, 0.25) is 5.91 Å². The summed E-state index contributed by atoms with van der Waals surface area (Å²) in [6.07, 6.45) is 0.440. The van der Waals surface area contributed by atoms with Crippen LogP contribution in [-0.2, 0) is 11.2 Å². The molecule has 1 rings (SSSR count). The molecule has 0 saturated heterocycles. The molecule has 0 radical (unpaired) electrons. The van der Waals surface area contributed by atoms with Crippen LogP contribution in [0.5, 0.6) is 0 Å². The van der Waals surface area contributed by atoms with E-state index in [9.17, 15) is 4.79 Å². The van der Waals surface area contributed by atoms with E-state index in [-0.39, 0.29) is 5.91 Å². The molecule has 0 fully saturated rings. The molecule has 1 N–H and O–H groups in total. The van der Waals surface area contributed by atoms with E-state index >= 15 is 0 Å². The van der Waals surface area contributed by atoms with Gasteiger partial charge in [0.15, 0.2) is 0 Å². The summed E-state index contributed by atoms with van der Waals surface area (Å²) in [6.45, 7) is 2.60. The predicted molar refractivity (Wildman–Crippen MR) is 56.5 cm³/mol. The van der Waals surface area contributed by atoms with Crippen LogP contribution in [0.2, 0.25) is 0 Å². The van der Waals surface area contributed by atoms with E-state index in [1.165, 1.54) is 0 Å². The molecule has 3 heteroatoms. The van der Waals surface area contributed by atoms with Crippen LogP contribution in [0, 0.1) is 0 Å². The highest BCUT2D eigenvalue weighted by molar-refractivity contribution is 9.10. The standard InChI is InChI=1S/C10H12BrNO/c1-2-12-10(13)7-8-5-3-4-6-9(8)11/h3-6H,2,7H2,1H3,(H,12,13). The molecular formula is C10H12BrNO. The van der Waals surface area contributed by atoms with Gasteiger partial charge in [-0.25, -0.2) is 0 Å². The SMILES string of the molecule is CCNC(=O)Cc1ccccc1Br. The van der Waals surface area contributed by atoms with Gasteiger partial charge in [0.05, 0.1) is 6.42 Å². The maximum Gasteiger partial charge on any atom is 0.224 e. The van der Waals surface area contributed by atoms with Crippen LogP contribution in [0.4, 0.5) is 0 Å². The summed E-state index contributed by atoms with van der Waals surface area (Å²) in [7, 11) is 0. The molecule has 0 aliphatic carbocycles. The maximum atomic E-state index is 11.2. The number of halogens is 1. The largest absolute Gasteiger partial charge is 0.356 e. The van der Waals surface area contributed by atoms with Gasteiger partial charge in [0, 0.05) is 11.0 Å². The third-order valence-electron chi connectivity index (χ3n) is 1.68. The molecule has 0 saturated carbocycles. The summed E-state index contributed by atoms with van der Waals surface area (Å²) in [5.41, 5.74) is 1.02. The summed E-state index contributed by atoms with van der Waals surface area (Å²) < 4.78 is 0.987. The van der Waals surface area contributed by atoms with Crippen molar-refractivity contribution in [1.29, 1.82) is 0 Å². The average Bonchev–Trinajstić information content (AvgIpc) is 2.09. The lowest BCUT2D eigenvalue weighted by atomic mass is 10.1. The fraction of sp³-hybridized carbons (Fsp3) is 0.300. The Morgan fingerprint density at radius 2 is 2.15 bits per heavy atom. The summed E-state index contributed by atoms with van der Waals surface area (Å²) >= 11 is 3.40. The number of nitrogens with one attached hydrogen (secondary N) is 1. The first-order chi connectivity index (χ1) is 6.24. The lowest BCUT2D eigenvalue weighted by molar-refractivity contribution is -0.120. The average molecular weight is 242 g/mol. The van der Waals surface area contributed by atoms with Crippen LogP contribution in [0.15, 0.2) is 28.7 Å². The summed E-state index contributed by atoms with van der Waals surface area (Å²) in [5.74, 6) is 0.0643. The lowest BCUT2D eigenvalue weighted by Gasteiger charge is -2.03. The summed E-state index contributed by atoms with van der Waals surface area (Å²) in [5, 5.41) is 2.76. The van der Waals surface area contributed by atoms with E-state index < -0.39 is 0 Å². The van der Waals surface area contributed by atoms with E-state index in [0.717, 1.165) is 10.0 Å². The summed E-state index contributed by atoms with van der Waals surface area (Å²) in [4.78, 5) is 11.2. The third kappa shape index (κ3) is 3.19. The molecule has 0 unspecified atom stereocenters. The van der Waals surface area contributed by atoms with Gasteiger partial charge in [0.1, 0.15) is 0 Å². The number of likely N-dealkylation sites (N-methyl/N-ethyl adjacent to an activating group) is 1. The third-order valence-corrected chi connectivity index (χ3v) is 2.46. The number of benzene rings is 1. The van der Waals surface area contributed by atoms with Crippen molar-refractivity contribution in [3.8, 4) is 0 Å². The fourth-order valence-corrected chi connectivity index (χ4v) is 1.50. The second kappa shape index (κ2) is 5.02. The molecule has 1 aromatic carbocycles. The zero-order valence-corrected chi connectivity index (χ0v) is 9.10. The van der Waals surface area contributed by atoms with Crippen LogP contribution in [-0.4, -0.2) is 12.5 Å². The first kappa shape index (κ1) is 10.3. The van der Waals surface area contributed by atoms with Gasteiger partial charge in [0.25, 0.3) is 0 Å². The van der Waals surface area contributed by atoms with E-state index in [1.54, 1.807) is 0 Å². The molecule has 0 bridgehead atoms. The number of rotatable bonds is 3. The Morgan fingerprint density at radius 3 is 2.77 bits per heavy atom. The molecule has 2 nitrogen and oxygen atoms in total. The highest BCUT2D eigenvalue weighted by Gasteiger charge is 2.03. The maximum absolute atomic E-state index is 11.2.